The highest BCUT2D eigenvalue weighted by atomic mass is 35.5. The van der Waals surface area contributed by atoms with Gasteiger partial charge in [-0.3, -0.25) is 10.1 Å². The number of rotatable bonds is 3. The van der Waals surface area contributed by atoms with Gasteiger partial charge in [0.05, 0.1) is 4.92 Å². The smallest absolute Gasteiger partial charge is 0.338 e. The number of hydrogen-bond donors (Lipinski definition) is 0. The topological polar surface area (TPSA) is 95.0 Å². The predicted molar refractivity (Wildman–Crippen MR) is 71.8 cm³/mol. The van der Waals surface area contributed by atoms with Crippen LogP contribution in [-0.4, -0.2) is 19.9 Å². The van der Waals surface area contributed by atoms with Crippen molar-refractivity contribution in [2.24, 2.45) is 0 Å². The fourth-order valence-electron chi connectivity index (χ4n) is 1.55. The third kappa shape index (κ3) is 2.30. The second-order valence-corrected chi connectivity index (χ2v) is 4.92. The lowest BCUT2D eigenvalue weighted by Crippen LogP contribution is -1.96. The van der Waals surface area contributed by atoms with Crippen LogP contribution in [0, 0.1) is 10.1 Å². The van der Waals surface area contributed by atoms with Crippen molar-refractivity contribution < 1.29 is 9.34 Å². The maximum Gasteiger partial charge on any atom is 0.338 e. The maximum absolute atomic E-state index is 11.0. The molecular weight excluding hydrogens is 304 g/mol. The summed E-state index contributed by atoms with van der Waals surface area (Å²) in [5, 5.41) is 11.1. The first-order valence-electron chi connectivity index (χ1n) is 5.33. The second-order valence-electron chi connectivity index (χ2n) is 3.62. The molecule has 0 saturated heterocycles. The van der Waals surface area contributed by atoms with Gasteiger partial charge in [-0.05, 0) is 23.9 Å². The number of halogens is 1. The zero-order chi connectivity index (χ0) is 14.1. The Hall–Kier alpha value is -2.19. The number of para-hydroxylation sites is 2. The van der Waals surface area contributed by atoms with E-state index in [2.05, 4.69) is 15.0 Å². The van der Waals surface area contributed by atoms with Gasteiger partial charge in [-0.15, -0.1) is 0 Å². The summed E-state index contributed by atoms with van der Waals surface area (Å²) in [5.74, 6) is 0. The zero-order valence-corrected chi connectivity index (χ0v) is 11.3. The standard InChI is InChI=1S/C11H5ClN4O3S/c12-9-8(16(17)18)10(14-5-13-9)20-11-15-6-3-1-2-4-7(6)19-11/h1-5H. The summed E-state index contributed by atoms with van der Waals surface area (Å²) in [6, 6.07) is 7.17. The Kier molecular flexibility index (Phi) is 3.25. The SMILES string of the molecule is O=[N+]([O-])c1c(Cl)ncnc1Sc1nc2ccccc2o1. The molecule has 0 bridgehead atoms. The summed E-state index contributed by atoms with van der Waals surface area (Å²) in [6.45, 7) is 0. The molecular formula is C11H5ClN4O3S. The van der Waals surface area contributed by atoms with Gasteiger partial charge in [0.1, 0.15) is 11.8 Å². The van der Waals surface area contributed by atoms with Gasteiger partial charge in [0.25, 0.3) is 5.22 Å². The number of hydrogen-bond acceptors (Lipinski definition) is 7. The molecule has 0 radical (unpaired) electrons. The van der Waals surface area contributed by atoms with E-state index in [4.69, 9.17) is 16.0 Å². The fourth-order valence-corrected chi connectivity index (χ4v) is 2.61. The number of nitrogens with zero attached hydrogens (tertiary/aromatic N) is 4. The Labute approximate surface area is 121 Å². The second kappa shape index (κ2) is 5.06. The molecule has 7 nitrogen and oxygen atoms in total. The van der Waals surface area contributed by atoms with E-state index in [-0.39, 0.29) is 21.1 Å². The Bertz CT molecular complexity index is 774. The lowest BCUT2D eigenvalue weighted by atomic mass is 10.3. The predicted octanol–water partition coefficient (Wildman–Crippen LogP) is 3.33. The van der Waals surface area contributed by atoms with E-state index >= 15 is 0 Å². The van der Waals surface area contributed by atoms with Crippen LogP contribution < -0.4 is 0 Å². The van der Waals surface area contributed by atoms with E-state index in [0.717, 1.165) is 18.1 Å². The Morgan fingerprint density at radius 1 is 1.30 bits per heavy atom. The van der Waals surface area contributed by atoms with E-state index in [1.807, 2.05) is 12.1 Å². The summed E-state index contributed by atoms with van der Waals surface area (Å²) in [7, 11) is 0. The van der Waals surface area contributed by atoms with Crippen LogP contribution in [0.15, 0.2) is 45.3 Å². The first kappa shape index (κ1) is 12.8. The molecule has 0 spiro atoms. The average Bonchev–Trinajstić information content (AvgIpc) is 2.80. The van der Waals surface area contributed by atoms with Crippen LogP contribution in [0.1, 0.15) is 0 Å². The van der Waals surface area contributed by atoms with Crippen molar-refractivity contribution in [2.45, 2.75) is 10.2 Å². The molecule has 3 rings (SSSR count). The lowest BCUT2D eigenvalue weighted by Gasteiger charge is -1.98. The molecule has 0 saturated carbocycles. The monoisotopic (exact) mass is 308 g/mol. The van der Waals surface area contributed by atoms with E-state index in [9.17, 15) is 10.1 Å². The number of aromatic nitrogens is 3. The third-order valence-corrected chi connectivity index (χ3v) is 3.50. The van der Waals surface area contributed by atoms with E-state index in [1.165, 1.54) is 0 Å². The summed E-state index contributed by atoms with van der Waals surface area (Å²) in [6.07, 6.45) is 1.15. The first-order valence-corrected chi connectivity index (χ1v) is 6.53. The summed E-state index contributed by atoms with van der Waals surface area (Å²) < 4.78 is 5.47. The maximum atomic E-state index is 11.0. The minimum absolute atomic E-state index is 0.0848. The molecule has 2 aromatic heterocycles. The Morgan fingerprint density at radius 2 is 2.10 bits per heavy atom. The molecule has 2 heterocycles. The van der Waals surface area contributed by atoms with Crippen molar-refractivity contribution in [3.8, 4) is 0 Å². The number of fused-ring (bicyclic) bond motifs is 1. The van der Waals surface area contributed by atoms with Crippen molar-refractivity contribution in [1.29, 1.82) is 0 Å². The number of benzene rings is 1. The fraction of sp³-hybridized carbons (Fsp3) is 0. The molecule has 3 aromatic rings. The van der Waals surface area contributed by atoms with Crippen LogP contribution in [0.3, 0.4) is 0 Å². The summed E-state index contributed by atoms with van der Waals surface area (Å²) in [5.41, 5.74) is 0.900. The number of nitro groups is 1. The highest BCUT2D eigenvalue weighted by molar-refractivity contribution is 7.99. The summed E-state index contributed by atoms with van der Waals surface area (Å²) in [4.78, 5) is 22.0. The molecule has 1 aromatic carbocycles. The minimum atomic E-state index is -0.632. The van der Waals surface area contributed by atoms with Crippen LogP contribution in [0.25, 0.3) is 11.1 Å². The van der Waals surface area contributed by atoms with Gasteiger partial charge < -0.3 is 4.42 Å². The lowest BCUT2D eigenvalue weighted by molar-refractivity contribution is -0.388. The van der Waals surface area contributed by atoms with Crippen molar-refractivity contribution in [3.05, 3.63) is 45.9 Å². The zero-order valence-electron chi connectivity index (χ0n) is 9.69. The normalized spacial score (nSPS) is 10.8. The van der Waals surface area contributed by atoms with Crippen LogP contribution in [0.4, 0.5) is 5.69 Å². The Balaban J connectivity index is 2.02. The van der Waals surface area contributed by atoms with E-state index in [0.29, 0.717) is 11.1 Å². The third-order valence-electron chi connectivity index (χ3n) is 2.38. The molecule has 0 N–H and O–H groups in total. The van der Waals surface area contributed by atoms with Crippen LogP contribution in [-0.2, 0) is 0 Å². The minimum Gasteiger partial charge on any atom is -0.431 e. The van der Waals surface area contributed by atoms with Crippen molar-refractivity contribution in [2.75, 3.05) is 0 Å². The molecule has 0 aliphatic heterocycles. The quantitative estimate of drug-likeness (QED) is 0.416. The van der Waals surface area contributed by atoms with E-state index < -0.39 is 4.92 Å². The van der Waals surface area contributed by atoms with Gasteiger partial charge in [0, 0.05) is 0 Å². The molecule has 100 valence electrons. The van der Waals surface area contributed by atoms with Gasteiger partial charge in [-0.2, -0.15) is 0 Å². The number of oxazole rings is 1. The molecule has 0 amide bonds. The van der Waals surface area contributed by atoms with Gasteiger partial charge in [-0.25, -0.2) is 15.0 Å². The van der Waals surface area contributed by atoms with Gasteiger partial charge in [0.2, 0.25) is 5.15 Å². The summed E-state index contributed by atoms with van der Waals surface area (Å²) >= 11 is 6.64. The van der Waals surface area contributed by atoms with Crippen LogP contribution in [0.5, 0.6) is 0 Å². The molecule has 9 heteroatoms. The first-order chi connectivity index (χ1) is 9.65. The molecule has 0 atom stereocenters. The van der Waals surface area contributed by atoms with Gasteiger partial charge >= 0.3 is 5.69 Å². The molecule has 0 aliphatic rings. The average molecular weight is 309 g/mol. The highest BCUT2D eigenvalue weighted by Gasteiger charge is 2.24. The van der Waals surface area contributed by atoms with Gasteiger partial charge in [0.15, 0.2) is 10.6 Å². The van der Waals surface area contributed by atoms with Crippen molar-refractivity contribution >= 4 is 40.1 Å². The van der Waals surface area contributed by atoms with Gasteiger partial charge in [-0.1, -0.05) is 23.7 Å². The van der Waals surface area contributed by atoms with Crippen molar-refractivity contribution in [1.82, 2.24) is 15.0 Å². The molecule has 0 fully saturated rings. The molecule has 0 unspecified atom stereocenters. The van der Waals surface area contributed by atoms with Crippen LogP contribution >= 0.6 is 23.4 Å². The van der Waals surface area contributed by atoms with Crippen LogP contribution in [0.2, 0.25) is 5.15 Å². The van der Waals surface area contributed by atoms with E-state index in [1.54, 1.807) is 12.1 Å². The molecule has 20 heavy (non-hydrogen) atoms. The Morgan fingerprint density at radius 3 is 2.85 bits per heavy atom. The van der Waals surface area contributed by atoms with Crippen molar-refractivity contribution in [3.63, 3.8) is 0 Å². The highest BCUT2D eigenvalue weighted by Crippen LogP contribution is 2.36. The largest absolute Gasteiger partial charge is 0.431 e. The molecule has 0 aliphatic carbocycles.